The lowest BCUT2D eigenvalue weighted by Crippen LogP contribution is -2.50. The molecule has 3 atom stereocenters. The Kier molecular flexibility index (Phi) is 7.44. The fraction of sp³-hybridized carbons (Fsp3) is 0.609. The van der Waals surface area contributed by atoms with Gasteiger partial charge in [0.2, 0.25) is 15.9 Å². The van der Waals surface area contributed by atoms with Gasteiger partial charge < -0.3 is 14.7 Å². The number of likely N-dealkylation sites (N-methyl/N-ethyl adjacent to an activating group) is 1. The molecule has 0 unspecified atom stereocenters. The highest BCUT2D eigenvalue weighted by atomic mass is 32.2. The van der Waals surface area contributed by atoms with Gasteiger partial charge >= 0.3 is 0 Å². The van der Waals surface area contributed by atoms with Gasteiger partial charge in [-0.1, -0.05) is 19.1 Å². The molecule has 2 aliphatic rings. The number of aliphatic hydroxyl groups excluding tert-OH is 1. The van der Waals surface area contributed by atoms with Crippen molar-refractivity contribution in [3.05, 3.63) is 29.8 Å². The van der Waals surface area contributed by atoms with E-state index < -0.39 is 16.1 Å². The summed E-state index contributed by atoms with van der Waals surface area (Å²) in [5, 5.41) is 9.72. The molecular weight excluding hydrogens is 416 g/mol. The number of benzene rings is 1. The molecule has 1 aliphatic carbocycles. The lowest BCUT2D eigenvalue weighted by molar-refractivity contribution is -0.129. The predicted octanol–water partition coefficient (Wildman–Crippen LogP) is 2.89. The summed E-state index contributed by atoms with van der Waals surface area (Å²) in [5.41, 5.74) is 2.19. The van der Waals surface area contributed by atoms with Crippen LogP contribution >= 0.6 is 0 Å². The number of sulfonamides is 1. The van der Waals surface area contributed by atoms with Crippen molar-refractivity contribution in [3.8, 4) is 5.75 Å². The van der Waals surface area contributed by atoms with Crippen LogP contribution in [0.5, 0.6) is 5.75 Å². The summed E-state index contributed by atoms with van der Waals surface area (Å²) in [7, 11) is -2.14. The van der Waals surface area contributed by atoms with Crippen molar-refractivity contribution < 1.29 is 23.1 Å². The Morgan fingerprint density at radius 1 is 1.35 bits per heavy atom. The molecule has 31 heavy (non-hydrogen) atoms. The van der Waals surface area contributed by atoms with Crippen molar-refractivity contribution in [1.82, 2.24) is 9.21 Å². The fourth-order valence-corrected chi connectivity index (χ4v) is 5.97. The average Bonchev–Trinajstić information content (AvgIpc) is 2.75. The highest BCUT2D eigenvalue weighted by molar-refractivity contribution is 7.89. The second-order valence-corrected chi connectivity index (χ2v) is 10.6. The Bertz CT molecular complexity index is 943. The molecule has 3 rings (SSSR count). The average molecular weight is 451 g/mol. The van der Waals surface area contributed by atoms with Crippen LogP contribution < -0.4 is 4.74 Å². The summed E-state index contributed by atoms with van der Waals surface area (Å²) in [4.78, 5) is 13.5. The Morgan fingerprint density at radius 2 is 2.10 bits per heavy atom. The first-order chi connectivity index (χ1) is 14.6. The molecule has 0 saturated heterocycles. The van der Waals surface area contributed by atoms with E-state index >= 15 is 0 Å². The predicted molar refractivity (Wildman–Crippen MR) is 120 cm³/mol. The molecule has 0 radical (unpaired) electrons. The maximum absolute atomic E-state index is 13.5. The minimum absolute atomic E-state index is 0.0765. The van der Waals surface area contributed by atoms with E-state index in [4.69, 9.17) is 4.74 Å². The summed E-state index contributed by atoms with van der Waals surface area (Å²) in [6, 6.07) is 4.73. The molecule has 172 valence electrons. The number of nitrogens with zero attached hydrogens (tertiary/aromatic N) is 2. The molecule has 7 nitrogen and oxygen atoms in total. The summed E-state index contributed by atoms with van der Waals surface area (Å²) in [6.07, 6.45) is 6.11. The fourth-order valence-electron chi connectivity index (χ4n) is 4.14. The quantitative estimate of drug-likeness (QED) is 0.745. The third-order valence-corrected chi connectivity index (χ3v) is 8.34. The van der Waals surface area contributed by atoms with Crippen LogP contribution in [0, 0.1) is 5.92 Å². The van der Waals surface area contributed by atoms with Crippen molar-refractivity contribution in [3.63, 3.8) is 0 Å². The van der Waals surface area contributed by atoms with Crippen molar-refractivity contribution in [1.29, 1.82) is 0 Å². The lowest BCUT2D eigenvalue weighted by atomic mass is 9.93. The first-order valence-electron chi connectivity index (χ1n) is 11.0. The molecule has 1 aromatic rings. The van der Waals surface area contributed by atoms with Crippen molar-refractivity contribution in [2.45, 2.75) is 63.5 Å². The van der Waals surface area contributed by atoms with Crippen LogP contribution in [0.15, 0.2) is 29.2 Å². The van der Waals surface area contributed by atoms with E-state index in [2.05, 4.69) is 6.08 Å². The number of amides is 1. The number of allylic oxidation sites excluding steroid dienone is 2. The second kappa shape index (κ2) is 9.71. The van der Waals surface area contributed by atoms with E-state index in [1.807, 2.05) is 19.1 Å². The Hall–Kier alpha value is -1.90. The van der Waals surface area contributed by atoms with E-state index in [1.54, 1.807) is 24.9 Å². The van der Waals surface area contributed by atoms with Gasteiger partial charge in [-0.3, -0.25) is 4.79 Å². The monoisotopic (exact) mass is 450 g/mol. The Morgan fingerprint density at radius 3 is 2.71 bits per heavy atom. The molecule has 0 aromatic heterocycles. The largest absolute Gasteiger partial charge is 0.487 e. The van der Waals surface area contributed by atoms with Crippen LogP contribution in [-0.4, -0.2) is 67.5 Å². The molecule has 0 fully saturated rings. The van der Waals surface area contributed by atoms with Crippen LogP contribution in [0.2, 0.25) is 0 Å². The number of carbonyl (C=O) groups is 1. The molecule has 1 N–H and O–H groups in total. The van der Waals surface area contributed by atoms with Gasteiger partial charge in [0.1, 0.15) is 16.7 Å². The smallest absolute Gasteiger partial charge is 0.247 e. The topological polar surface area (TPSA) is 87.2 Å². The number of ether oxygens (including phenoxy) is 1. The van der Waals surface area contributed by atoms with E-state index in [0.29, 0.717) is 12.3 Å². The molecule has 0 bridgehead atoms. The van der Waals surface area contributed by atoms with E-state index in [-0.39, 0.29) is 36.0 Å². The van der Waals surface area contributed by atoms with E-state index in [0.717, 1.165) is 24.8 Å². The zero-order valence-electron chi connectivity index (χ0n) is 18.9. The number of hydrogen-bond donors (Lipinski definition) is 1. The zero-order chi connectivity index (χ0) is 22.8. The summed E-state index contributed by atoms with van der Waals surface area (Å²) in [6.45, 7) is 5.40. The Labute approximate surface area is 185 Å². The van der Waals surface area contributed by atoms with Crippen molar-refractivity contribution >= 4 is 21.5 Å². The number of fused-ring (bicyclic) bond motifs is 1. The van der Waals surface area contributed by atoms with Gasteiger partial charge in [-0.15, -0.1) is 0 Å². The van der Waals surface area contributed by atoms with Gasteiger partial charge in [0, 0.05) is 32.5 Å². The molecule has 1 aliphatic heterocycles. The van der Waals surface area contributed by atoms with Crippen LogP contribution in [0.1, 0.15) is 52.0 Å². The molecule has 0 spiro atoms. The third kappa shape index (κ3) is 5.13. The van der Waals surface area contributed by atoms with Gasteiger partial charge in [0.05, 0.1) is 13.2 Å². The van der Waals surface area contributed by atoms with Gasteiger partial charge in [0.25, 0.3) is 0 Å². The standard InChI is InChI=1S/C23H34N2O5S/c1-16-13-25(17(2)15-26)31(28,29)23-11-10-20(19-8-6-5-7-9-19)12-21(23)30-22(16)14-24(4)18(3)27/h8,10-12,16-17,22,26H,5-7,9,13-15H2,1-4H3/t16-,17+,22+/m1/s1. The van der Waals surface area contributed by atoms with Crippen molar-refractivity contribution in [2.75, 3.05) is 26.7 Å². The maximum atomic E-state index is 13.5. The van der Waals surface area contributed by atoms with Crippen LogP contribution in [0.25, 0.3) is 5.57 Å². The highest BCUT2D eigenvalue weighted by Gasteiger charge is 2.38. The first kappa shape index (κ1) is 23.8. The zero-order valence-corrected chi connectivity index (χ0v) is 19.7. The van der Waals surface area contributed by atoms with Crippen LogP contribution in [0.4, 0.5) is 0 Å². The van der Waals surface area contributed by atoms with Crippen LogP contribution in [-0.2, 0) is 14.8 Å². The van der Waals surface area contributed by atoms with E-state index in [9.17, 15) is 18.3 Å². The number of rotatable bonds is 5. The summed E-state index contributed by atoms with van der Waals surface area (Å²) >= 11 is 0. The second-order valence-electron chi connectivity index (χ2n) is 8.78. The molecule has 8 heteroatoms. The maximum Gasteiger partial charge on any atom is 0.247 e. The van der Waals surface area contributed by atoms with Gasteiger partial charge in [0.15, 0.2) is 0 Å². The number of aliphatic hydroxyl groups is 1. The normalized spacial score (nSPS) is 24.7. The minimum atomic E-state index is -3.85. The van der Waals surface area contributed by atoms with Gasteiger partial charge in [-0.25, -0.2) is 8.42 Å². The highest BCUT2D eigenvalue weighted by Crippen LogP contribution is 2.37. The molecule has 1 aromatic carbocycles. The Balaban J connectivity index is 2.09. The SMILES string of the molecule is CC(=O)N(C)C[C@@H]1Oc2cc(C3=CCCCC3)ccc2S(=O)(=O)N([C@@H](C)CO)C[C@H]1C. The first-order valence-corrected chi connectivity index (χ1v) is 12.4. The van der Waals surface area contributed by atoms with Gasteiger partial charge in [-0.05, 0) is 55.9 Å². The molecule has 0 saturated carbocycles. The van der Waals surface area contributed by atoms with Crippen LogP contribution in [0.3, 0.4) is 0 Å². The van der Waals surface area contributed by atoms with Gasteiger partial charge in [-0.2, -0.15) is 4.31 Å². The van der Waals surface area contributed by atoms with E-state index in [1.165, 1.54) is 23.2 Å². The minimum Gasteiger partial charge on any atom is -0.487 e. The number of carbonyl (C=O) groups excluding carboxylic acids is 1. The lowest BCUT2D eigenvalue weighted by Gasteiger charge is -2.37. The molecule has 1 amide bonds. The summed E-state index contributed by atoms with van der Waals surface area (Å²) < 4.78 is 34.7. The third-order valence-electron chi connectivity index (χ3n) is 6.32. The molecular formula is C23H34N2O5S. The number of hydrogen-bond acceptors (Lipinski definition) is 5. The summed E-state index contributed by atoms with van der Waals surface area (Å²) in [5.74, 6) is 0.0521. The van der Waals surface area contributed by atoms with Crippen molar-refractivity contribution in [2.24, 2.45) is 5.92 Å². The molecule has 1 heterocycles.